The number of hydrogen-bond donors (Lipinski definition) is 2. The minimum atomic E-state index is -0.571. The molecule has 1 aromatic rings. The second kappa shape index (κ2) is 6.81. The number of amides is 1. The lowest BCUT2D eigenvalue weighted by Crippen LogP contribution is -2.36. The topological polar surface area (TPSA) is 67.8 Å². The van der Waals surface area contributed by atoms with Gasteiger partial charge in [-0.15, -0.1) is 0 Å². The van der Waals surface area contributed by atoms with Gasteiger partial charge in [-0.05, 0) is 25.3 Å². The van der Waals surface area contributed by atoms with E-state index in [1.54, 1.807) is 12.1 Å². The monoisotopic (exact) mass is 299 g/mol. The number of nitrogens with one attached hydrogen (secondary N) is 1. The number of aliphatic hydroxyl groups excluding tert-OH is 1. The Bertz CT molecular complexity index is 467. The van der Waals surface area contributed by atoms with Crippen molar-refractivity contribution >= 4 is 17.5 Å². The smallest absolute Gasteiger partial charge is 0.261 e. The highest BCUT2D eigenvalue weighted by Crippen LogP contribution is 2.36. The van der Waals surface area contributed by atoms with E-state index in [4.69, 9.17) is 21.1 Å². The van der Waals surface area contributed by atoms with Gasteiger partial charge in [0.05, 0.1) is 13.7 Å². The van der Waals surface area contributed by atoms with Gasteiger partial charge < -0.3 is 19.9 Å². The van der Waals surface area contributed by atoms with Crippen LogP contribution in [0.2, 0.25) is 5.02 Å². The summed E-state index contributed by atoms with van der Waals surface area (Å²) in [4.78, 5) is 11.9. The number of benzene rings is 1. The molecule has 1 aromatic carbocycles. The third-order valence-electron chi connectivity index (χ3n) is 3.23. The van der Waals surface area contributed by atoms with Crippen molar-refractivity contribution in [3.63, 3.8) is 0 Å². The number of carbonyl (C=O) groups is 1. The zero-order valence-corrected chi connectivity index (χ0v) is 12.1. The lowest BCUT2D eigenvalue weighted by molar-refractivity contribution is -0.127. The molecule has 0 aromatic heterocycles. The van der Waals surface area contributed by atoms with E-state index in [1.165, 1.54) is 7.11 Å². The number of halogens is 1. The van der Waals surface area contributed by atoms with Gasteiger partial charge >= 0.3 is 0 Å². The first-order chi connectivity index (χ1) is 9.65. The summed E-state index contributed by atoms with van der Waals surface area (Å²) in [5, 5.41) is 12.7. The van der Waals surface area contributed by atoms with E-state index in [-0.39, 0.29) is 12.5 Å². The summed E-state index contributed by atoms with van der Waals surface area (Å²) in [5.74, 6) is 0.656. The quantitative estimate of drug-likeness (QED) is 0.891. The van der Waals surface area contributed by atoms with Gasteiger partial charge in [0, 0.05) is 23.2 Å². The Balaban J connectivity index is 2.29. The number of methoxy groups -OCH3 is 1. The molecule has 1 heterocycles. The van der Waals surface area contributed by atoms with Gasteiger partial charge in [-0.1, -0.05) is 11.6 Å². The number of carbonyl (C=O) groups excluding carboxylic acids is 1. The molecular weight excluding hydrogens is 282 g/mol. The molecule has 110 valence electrons. The van der Waals surface area contributed by atoms with Gasteiger partial charge in [0.2, 0.25) is 0 Å². The summed E-state index contributed by atoms with van der Waals surface area (Å²) in [7, 11) is 1.49. The fourth-order valence-electron chi connectivity index (χ4n) is 2.19. The molecule has 1 aliphatic rings. The number of hydrogen-bond acceptors (Lipinski definition) is 4. The second-order valence-electron chi connectivity index (χ2n) is 4.65. The average Bonchev–Trinajstić information content (AvgIpc) is 2.65. The van der Waals surface area contributed by atoms with E-state index in [0.717, 1.165) is 12.8 Å². The highest BCUT2D eigenvalue weighted by Gasteiger charge is 2.25. The molecular formula is C14H18ClNO4. The second-order valence-corrected chi connectivity index (χ2v) is 5.08. The molecule has 0 radical (unpaired) electrons. The maximum Gasteiger partial charge on any atom is 0.261 e. The van der Waals surface area contributed by atoms with Gasteiger partial charge in [-0.2, -0.15) is 0 Å². The van der Waals surface area contributed by atoms with E-state index in [1.807, 2.05) is 0 Å². The third-order valence-corrected chi connectivity index (χ3v) is 3.45. The Morgan fingerprint density at radius 2 is 2.25 bits per heavy atom. The normalized spacial score (nSPS) is 19.1. The molecule has 1 amide bonds. The van der Waals surface area contributed by atoms with Crippen LogP contribution in [-0.4, -0.2) is 30.8 Å². The zero-order valence-electron chi connectivity index (χ0n) is 11.3. The van der Waals surface area contributed by atoms with Crippen LogP contribution in [-0.2, 0) is 11.4 Å². The van der Waals surface area contributed by atoms with E-state index >= 15 is 0 Å². The summed E-state index contributed by atoms with van der Waals surface area (Å²) >= 11 is 5.95. The molecule has 0 saturated carbocycles. The lowest BCUT2D eigenvalue weighted by Gasteiger charge is -2.20. The Morgan fingerprint density at radius 1 is 1.45 bits per heavy atom. The van der Waals surface area contributed by atoms with Crippen molar-refractivity contribution in [2.45, 2.75) is 32.0 Å². The maximum absolute atomic E-state index is 11.9. The van der Waals surface area contributed by atoms with Crippen molar-refractivity contribution in [2.75, 3.05) is 13.7 Å². The summed E-state index contributed by atoms with van der Waals surface area (Å²) in [6.07, 6.45) is 1.92. The molecule has 6 heteroatoms. The van der Waals surface area contributed by atoms with Crippen LogP contribution in [0.5, 0.6) is 11.5 Å². The molecule has 1 atom stereocenters. The number of ether oxygens (including phenoxy) is 2. The molecule has 1 saturated heterocycles. The van der Waals surface area contributed by atoms with Gasteiger partial charge in [-0.3, -0.25) is 4.79 Å². The summed E-state index contributed by atoms with van der Waals surface area (Å²) in [5.41, 5.74) is 0.506. The molecule has 0 bridgehead atoms. The predicted octanol–water partition coefficient (Wildman–Crippen LogP) is 1.89. The van der Waals surface area contributed by atoms with Gasteiger partial charge in [0.1, 0.15) is 0 Å². The van der Waals surface area contributed by atoms with Crippen LogP contribution in [0.1, 0.15) is 24.8 Å². The lowest BCUT2D eigenvalue weighted by atomic mass is 10.1. The minimum absolute atomic E-state index is 0.136. The van der Waals surface area contributed by atoms with Crippen LogP contribution in [0.15, 0.2) is 12.1 Å². The van der Waals surface area contributed by atoms with Crippen LogP contribution in [0.4, 0.5) is 0 Å². The van der Waals surface area contributed by atoms with Crippen molar-refractivity contribution in [1.29, 1.82) is 0 Å². The highest BCUT2D eigenvalue weighted by atomic mass is 35.5. The molecule has 1 fully saturated rings. The van der Waals surface area contributed by atoms with Crippen molar-refractivity contribution in [2.24, 2.45) is 0 Å². The van der Waals surface area contributed by atoms with Gasteiger partial charge in [-0.25, -0.2) is 0 Å². The van der Waals surface area contributed by atoms with Crippen molar-refractivity contribution in [1.82, 2.24) is 5.32 Å². The standard InChI is InChI=1S/C14H18ClNO4/c1-19-12-7-10(15)6-9(8-17)13(12)20-11-4-2-3-5-16-14(11)18/h6-7,11,17H,2-5,8H2,1H3,(H,16,18). The van der Waals surface area contributed by atoms with E-state index in [0.29, 0.717) is 35.1 Å². The molecule has 2 N–H and O–H groups in total. The molecule has 2 rings (SSSR count). The molecule has 5 nitrogen and oxygen atoms in total. The Labute approximate surface area is 122 Å². The zero-order chi connectivity index (χ0) is 14.5. The van der Waals surface area contributed by atoms with Crippen LogP contribution < -0.4 is 14.8 Å². The van der Waals surface area contributed by atoms with E-state index in [9.17, 15) is 9.90 Å². The molecule has 20 heavy (non-hydrogen) atoms. The Morgan fingerprint density at radius 3 is 2.95 bits per heavy atom. The SMILES string of the molecule is COc1cc(Cl)cc(CO)c1OC1CCCCNC1=O. The van der Waals surface area contributed by atoms with E-state index in [2.05, 4.69) is 5.32 Å². The van der Waals surface area contributed by atoms with Crippen molar-refractivity contribution in [3.05, 3.63) is 22.7 Å². The third kappa shape index (κ3) is 3.35. The Hall–Kier alpha value is -1.46. The molecule has 1 unspecified atom stereocenters. The largest absolute Gasteiger partial charge is 0.493 e. The molecule has 0 spiro atoms. The van der Waals surface area contributed by atoms with Crippen LogP contribution in [0, 0.1) is 0 Å². The van der Waals surface area contributed by atoms with E-state index < -0.39 is 6.10 Å². The first kappa shape index (κ1) is 14.9. The summed E-state index contributed by atoms with van der Waals surface area (Å²) in [6.45, 7) is 0.434. The average molecular weight is 300 g/mol. The molecule has 1 aliphatic heterocycles. The first-order valence-electron chi connectivity index (χ1n) is 6.57. The van der Waals surface area contributed by atoms with Crippen molar-refractivity contribution in [3.8, 4) is 11.5 Å². The van der Waals surface area contributed by atoms with Crippen LogP contribution >= 0.6 is 11.6 Å². The first-order valence-corrected chi connectivity index (χ1v) is 6.95. The van der Waals surface area contributed by atoms with Crippen LogP contribution in [0.25, 0.3) is 0 Å². The minimum Gasteiger partial charge on any atom is -0.493 e. The number of rotatable bonds is 4. The number of aliphatic hydroxyl groups is 1. The summed E-state index contributed by atoms with van der Waals surface area (Å²) in [6, 6.07) is 3.21. The summed E-state index contributed by atoms with van der Waals surface area (Å²) < 4.78 is 11.0. The maximum atomic E-state index is 11.9. The van der Waals surface area contributed by atoms with Crippen LogP contribution in [0.3, 0.4) is 0 Å². The van der Waals surface area contributed by atoms with Gasteiger partial charge in [0.25, 0.3) is 5.91 Å². The van der Waals surface area contributed by atoms with Crippen molar-refractivity contribution < 1.29 is 19.4 Å². The fraction of sp³-hybridized carbons (Fsp3) is 0.500. The predicted molar refractivity (Wildman–Crippen MR) is 75.2 cm³/mol. The fourth-order valence-corrected chi connectivity index (χ4v) is 2.42. The highest BCUT2D eigenvalue weighted by molar-refractivity contribution is 6.30. The van der Waals surface area contributed by atoms with Gasteiger partial charge in [0.15, 0.2) is 17.6 Å². The molecule has 0 aliphatic carbocycles. The Kier molecular flexibility index (Phi) is 5.09.